The molecule has 1 aromatic carbocycles. The molecule has 1 amide bonds. The Morgan fingerprint density at radius 2 is 2.06 bits per heavy atom. The van der Waals surface area contributed by atoms with Crippen LogP contribution in [0, 0.1) is 0 Å². The number of hydrogen-bond acceptors (Lipinski definition) is 2. The number of carbonyl (C=O) groups excluding carboxylic acids is 1. The van der Waals surface area contributed by atoms with E-state index in [4.69, 9.17) is 12.2 Å². The third-order valence-corrected chi connectivity index (χ3v) is 2.64. The van der Waals surface area contributed by atoms with Crippen LogP contribution in [-0.4, -0.2) is 24.6 Å². The highest BCUT2D eigenvalue weighted by atomic mass is 32.1. The molecule has 0 atom stereocenters. The highest BCUT2D eigenvalue weighted by molar-refractivity contribution is 7.80. The first-order chi connectivity index (χ1) is 8.54. The van der Waals surface area contributed by atoms with E-state index in [1.807, 2.05) is 24.3 Å². The highest BCUT2D eigenvalue weighted by Crippen LogP contribution is 2.16. The number of rotatable bonds is 4. The molecular formula is C13H17N3OS. The number of nitrogens with one attached hydrogen (secondary N) is 2. The normalized spacial score (nSPS) is 9.44. The predicted molar refractivity (Wildman–Crippen MR) is 79.9 cm³/mol. The van der Waals surface area contributed by atoms with Crippen molar-refractivity contribution in [2.45, 2.75) is 6.92 Å². The van der Waals surface area contributed by atoms with E-state index >= 15 is 0 Å². The maximum Gasteiger partial charge on any atom is 0.223 e. The van der Waals surface area contributed by atoms with E-state index in [0.29, 0.717) is 11.7 Å². The second-order valence-corrected chi connectivity index (χ2v) is 4.16. The third-order valence-electron chi connectivity index (χ3n) is 2.39. The fraction of sp³-hybridized carbons (Fsp3) is 0.231. The molecule has 0 bridgehead atoms. The van der Waals surface area contributed by atoms with Gasteiger partial charge in [0.2, 0.25) is 5.91 Å². The van der Waals surface area contributed by atoms with Gasteiger partial charge in [-0.2, -0.15) is 0 Å². The summed E-state index contributed by atoms with van der Waals surface area (Å²) in [5.74, 6) is -0.00104. The smallest absolute Gasteiger partial charge is 0.223 e. The largest absolute Gasteiger partial charge is 0.359 e. The number of hydrogen-bond donors (Lipinski definition) is 2. The fourth-order valence-electron chi connectivity index (χ4n) is 1.29. The molecule has 5 heteroatoms. The summed E-state index contributed by atoms with van der Waals surface area (Å²) in [6.07, 6.45) is 1.74. The zero-order valence-corrected chi connectivity index (χ0v) is 11.4. The summed E-state index contributed by atoms with van der Waals surface area (Å²) in [5, 5.41) is 6.56. The molecule has 18 heavy (non-hydrogen) atoms. The van der Waals surface area contributed by atoms with E-state index in [0.717, 1.165) is 11.4 Å². The van der Waals surface area contributed by atoms with Gasteiger partial charge in [-0.1, -0.05) is 6.08 Å². The average Bonchev–Trinajstić information content (AvgIpc) is 2.36. The second-order valence-electron chi connectivity index (χ2n) is 3.75. The van der Waals surface area contributed by atoms with Crippen LogP contribution in [0.5, 0.6) is 0 Å². The minimum Gasteiger partial charge on any atom is -0.359 e. The first-order valence-corrected chi connectivity index (χ1v) is 5.95. The molecular weight excluding hydrogens is 246 g/mol. The van der Waals surface area contributed by atoms with Gasteiger partial charge in [-0.15, -0.1) is 6.58 Å². The van der Waals surface area contributed by atoms with Crippen molar-refractivity contribution in [2.24, 2.45) is 0 Å². The van der Waals surface area contributed by atoms with Gasteiger partial charge in [-0.25, -0.2) is 0 Å². The minimum absolute atomic E-state index is 0.00104. The summed E-state index contributed by atoms with van der Waals surface area (Å²) in [5.41, 5.74) is 1.72. The predicted octanol–water partition coefficient (Wildman–Crippen LogP) is 2.14. The monoisotopic (exact) mass is 263 g/mol. The number of nitrogens with zero attached hydrogens (tertiary/aromatic N) is 1. The molecule has 1 aromatic rings. The number of amides is 1. The Kier molecular flexibility index (Phi) is 5.32. The summed E-state index contributed by atoms with van der Waals surface area (Å²) in [4.78, 5) is 12.8. The highest BCUT2D eigenvalue weighted by Gasteiger charge is 2.04. The Hall–Kier alpha value is -1.88. The van der Waals surface area contributed by atoms with Crippen molar-refractivity contribution in [2.75, 3.05) is 23.8 Å². The lowest BCUT2D eigenvalue weighted by Gasteiger charge is -2.15. The van der Waals surface area contributed by atoms with Gasteiger partial charge in [0.15, 0.2) is 5.11 Å². The molecule has 4 nitrogen and oxygen atoms in total. The summed E-state index contributed by atoms with van der Waals surface area (Å²) >= 11 is 5.09. The van der Waals surface area contributed by atoms with Crippen LogP contribution < -0.4 is 15.5 Å². The van der Waals surface area contributed by atoms with Crippen molar-refractivity contribution >= 4 is 34.6 Å². The maximum absolute atomic E-state index is 11.2. The van der Waals surface area contributed by atoms with Crippen molar-refractivity contribution in [3.8, 4) is 0 Å². The lowest BCUT2D eigenvalue weighted by Crippen LogP contribution is -2.28. The Labute approximate surface area is 113 Å². The van der Waals surface area contributed by atoms with E-state index < -0.39 is 0 Å². The molecule has 1 rings (SSSR count). The maximum atomic E-state index is 11.2. The van der Waals surface area contributed by atoms with Gasteiger partial charge < -0.3 is 15.5 Å². The first-order valence-electron chi connectivity index (χ1n) is 5.54. The molecule has 0 heterocycles. The zero-order chi connectivity index (χ0) is 13.5. The quantitative estimate of drug-likeness (QED) is 0.645. The molecule has 0 aliphatic carbocycles. The third kappa shape index (κ3) is 4.18. The lowest BCUT2D eigenvalue weighted by molar-refractivity contribution is -0.116. The van der Waals surface area contributed by atoms with Crippen LogP contribution >= 0.6 is 12.2 Å². The standard InChI is InChI=1S/C13H17N3OS/c1-4-9-14-13(18)15-11-5-7-12(8-6-11)16(3)10(2)17/h4-8H,1,9H2,2-3H3,(H2,14,15,18). The van der Waals surface area contributed by atoms with Crippen molar-refractivity contribution in [1.29, 1.82) is 0 Å². The lowest BCUT2D eigenvalue weighted by atomic mass is 10.2. The summed E-state index contributed by atoms with van der Waals surface area (Å²) in [6, 6.07) is 7.47. The van der Waals surface area contributed by atoms with Gasteiger partial charge in [0, 0.05) is 31.9 Å². The molecule has 0 saturated carbocycles. The van der Waals surface area contributed by atoms with Gasteiger partial charge in [0.05, 0.1) is 0 Å². The molecule has 96 valence electrons. The van der Waals surface area contributed by atoms with E-state index in [9.17, 15) is 4.79 Å². The average molecular weight is 263 g/mol. The van der Waals surface area contributed by atoms with Gasteiger partial charge in [0.25, 0.3) is 0 Å². The van der Waals surface area contributed by atoms with Crippen molar-refractivity contribution < 1.29 is 4.79 Å². The van der Waals surface area contributed by atoms with Gasteiger partial charge in [0.1, 0.15) is 0 Å². The van der Waals surface area contributed by atoms with Crippen LogP contribution in [0.15, 0.2) is 36.9 Å². The summed E-state index contributed by atoms with van der Waals surface area (Å²) in [7, 11) is 1.74. The Bertz CT molecular complexity index is 442. The summed E-state index contributed by atoms with van der Waals surface area (Å²) < 4.78 is 0. The number of thiocarbonyl (C=S) groups is 1. The molecule has 0 aliphatic rings. The molecule has 0 fully saturated rings. The van der Waals surface area contributed by atoms with E-state index in [2.05, 4.69) is 17.2 Å². The van der Waals surface area contributed by atoms with Crippen molar-refractivity contribution in [3.05, 3.63) is 36.9 Å². The SMILES string of the molecule is C=CCNC(=S)Nc1ccc(N(C)C(C)=O)cc1. The second kappa shape index (κ2) is 6.76. The molecule has 0 saturated heterocycles. The fourth-order valence-corrected chi connectivity index (χ4v) is 1.49. The minimum atomic E-state index is -0.00104. The number of anilines is 2. The van der Waals surface area contributed by atoms with Crippen molar-refractivity contribution in [1.82, 2.24) is 5.32 Å². The summed E-state index contributed by atoms with van der Waals surface area (Å²) in [6.45, 7) is 5.75. The molecule has 0 unspecified atom stereocenters. The number of benzene rings is 1. The Morgan fingerprint density at radius 1 is 1.44 bits per heavy atom. The first kappa shape index (κ1) is 14.2. The molecule has 0 aromatic heterocycles. The van der Waals surface area contributed by atoms with Crippen LogP contribution in [-0.2, 0) is 4.79 Å². The van der Waals surface area contributed by atoms with Crippen LogP contribution in [0.1, 0.15) is 6.92 Å². The van der Waals surface area contributed by atoms with E-state index in [1.165, 1.54) is 6.92 Å². The van der Waals surface area contributed by atoms with Crippen molar-refractivity contribution in [3.63, 3.8) is 0 Å². The van der Waals surface area contributed by atoms with E-state index in [1.54, 1.807) is 18.0 Å². The van der Waals surface area contributed by atoms with Crippen LogP contribution in [0.4, 0.5) is 11.4 Å². The van der Waals surface area contributed by atoms with E-state index in [-0.39, 0.29) is 5.91 Å². The molecule has 2 N–H and O–H groups in total. The Morgan fingerprint density at radius 3 is 2.56 bits per heavy atom. The Balaban J connectivity index is 2.63. The van der Waals surface area contributed by atoms with Gasteiger partial charge in [-0.3, -0.25) is 4.79 Å². The molecule has 0 radical (unpaired) electrons. The van der Waals surface area contributed by atoms with Crippen LogP contribution in [0.2, 0.25) is 0 Å². The van der Waals surface area contributed by atoms with Gasteiger partial charge >= 0.3 is 0 Å². The number of carbonyl (C=O) groups is 1. The molecule has 0 aliphatic heterocycles. The topological polar surface area (TPSA) is 44.4 Å². The van der Waals surface area contributed by atoms with Crippen LogP contribution in [0.3, 0.4) is 0 Å². The zero-order valence-electron chi connectivity index (χ0n) is 10.6. The van der Waals surface area contributed by atoms with Gasteiger partial charge in [-0.05, 0) is 36.5 Å². The molecule has 0 spiro atoms. The van der Waals surface area contributed by atoms with Crippen LogP contribution in [0.25, 0.3) is 0 Å².